The molecule has 0 spiro atoms. The molecule has 8 heteroatoms. The quantitative estimate of drug-likeness (QED) is 0.335. The minimum absolute atomic E-state index is 0. The molecule has 4 rings (SSSR count). The highest BCUT2D eigenvalue weighted by molar-refractivity contribution is 14.0. The Morgan fingerprint density at radius 1 is 1.29 bits per heavy atom. The fourth-order valence-corrected chi connectivity index (χ4v) is 4.44. The number of guanidine groups is 1. The van der Waals surface area contributed by atoms with Gasteiger partial charge in [0.2, 0.25) is 5.91 Å². The molecule has 2 aliphatic heterocycles. The Kier molecular flexibility index (Phi) is 8.34. The van der Waals surface area contributed by atoms with E-state index >= 15 is 0 Å². The minimum atomic E-state index is 0. The summed E-state index contributed by atoms with van der Waals surface area (Å²) in [6, 6.07) is 8.61. The first-order chi connectivity index (χ1) is 14.7. The number of carbonyl (C=O) groups excluding carboxylic acids is 1. The van der Waals surface area contributed by atoms with Gasteiger partial charge in [-0.1, -0.05) is 18.2 Å². The van der Waals surface area contributed by atoms with Crippen LogP contribution in [0.5, 0.6) is 0 Å². The average molecular weight is 536 g/mol. The number of carbonyl (C=O) groups is 1. The van der Waals surface area contributed by atoms with Crippen molar-refractivity contribution in [3.8, 4) is 0 Å². The molecule has 7 nitrogen and oxygen atoms in total. The smallest absolute Gasteiger partial charge is 0.222 e. The van der Waals surface area contributed by atoms with E-state index < -0.39 is 0 Å². The molecule has 1 unspecified atom stereocenters. The zero-order valence-electron chi connectivity index (χ0n) is 18.5. The average Bonchev–Trinajstić information content (AvgIpc) is 3.45. The van der Waals surface area contributed by atoms with Crippen molar-refractivity contribution in [1.82, 2.24) is 20.0 Å². The third-order valence-electron chi connectivity index (χ3n) is 5.93. The van der Waals surface area contributed by atoms with Crippen molar-refractivity contribution in [1.29, 1.82) is 0 Å². The van der Waals surface area contributed by atoms with E-state index in [1.165, 1.54) is 16.8 Å². The summed E-state index contributed by atoms with van der Waals surface area (Å²) in [7, 11) is 0. The van der Waals surface area contributed by atoms with Crippen molar-refractivity contribution in [2.24, 2.45) is 4.99 Å². The van der Waals surface area contributed by atoms with Gasteiger partial charge in [0.25, 0.3) is 0 Å². The second-order valence-electron chi connectivity index (χ2n) is 8.16. The van der Waals surface area contributed by atoms with E-state index in [-0.39, 0.29) is 24.0 Å². The van der Waals surface area contributed by atoms with Crippen LogP contribution >= 0.6 is 24.0 Å². The van der Waals surface area contributed by atoms with E-state index in [1.807, 2.05) is 28.9 Å². The first-order valence-corrected chi connectivity index (χ1v) is 11.1. The van der Waals surface area contributed by atoms with Crippen LogP contribution < -0.4 is 10.2 Å². The summed E-state index contributed by atoms with van der Waals surface area (Å²) in [5, 5.41) is 7.82. The molecule has 0 radical (unpaired) electrons. The van der Waals surface area contributed by atoms with Gasteiger partial charge in [-0.25, -0.2) is 0 Å². The predicted octanol–water partition coefficient (Wildman–Crippen LogP) is 3.39. The lowest BCUT2D eigenvalue weighted by Crippen LogP contribution is -2.41. The third-order valence-corrected chi connectivity index (χ3v) is 5.93. The number of fused-ring (bicyclic) bond motifs is 1. The van der Waals surface area contributed by atoms with E-state index in [9.17, 15) is 4.79 Å². The number of anilines is 1. The van der Waals surface area contributed by atoms with Crippen LogP contribution in [0.15, 0.2) is 41.7 Å². The number of hydrogen-bond acceptors (Lipinski definition) is 3. The molecule has 1 aromatic heterocycles. The maximum absolute atomic E-state index is 12.0. The van der Waals surface area contributed by atoms with Gasteiger partial charge in [-0.15, -0.1) is 24.0 Å². The van der Waals surface area contributed by atoms with Gasteiger partial charge in [0, 0.05) is 50.4 Å². The Morgan fingerprint density at radius 3 is 2.84 bits per heavy atom. The van der Waals surface area contributed by atoms with Gasteiger partial charge in [0.15, 0.2) is 5.96 Å². The lowest BCUT2D eigenvalue weighted by molar-refractivity contribution is -0.127. The fourth-order valence-electron chi connectivity index (χ4n) is 4.44. The van der Waals surface area contributed by atoms with E-state index in [0.29, 0.717) is 24.8 Å². The summed E-state index contributed by atoms with van der Waals surface area (Å²) in [6.45, 7) is 9.07. The Morgan fingerprint density at radius 2 is 2.13 bits per heavy atom. The molecule has 1 atom stereocenters. The second-order valence-corrected chi connectivity index (χ2v) is 8.16. The van der Waals surface area contributed by atoms with Crippen molar-refractivity contribution in [2.75, 3.05) is 37.6 Å². The number of halogens is 1. The molecule has 0 saturated carbocycles. The number of benzene rings is 1. The van der Waals surface area contributed by atoms with E-state index in [2.05, 4.69) is 46.5 Å². The molecule has 1 N–H and O–H groups in total. The number of nitrogens with one attached hydrogen (secondary N) is 1. The maximum Gasteiger partial charge on any atom is 0.222 e. The van der Waals surface area contributed by atoms with Crippen LogP contribution in [0, 0.1) is 6.92 Å². The Bertz CT molecular complexity index is 911. The summed E-state index contributed by atoms with van der Waals surface area (Å²) >= 11 is 0. The van der Waals surface area contributed by atoms with Gasteiger partial charge in [-0.2, -0.15) is 5.10 Å². The van der Waals surface area contributed by atoms with Gasteiger partial charge >= 0.3 is 0 Å². The molecule has 2 aromatic rings. The van der Waals surface area contributed by atoms with Crippen LogP contribution in [-0.4, -0.2) is 59.3 Å². The minimum Gasteiger partial charge on any atom is -0.356 e. The molecule has 31 heavy (non-hydrogen) atoms. The largest absolute Gasteiger partial charge is 0.356 e. The molecule has 1 aromatic carbocycles. The molecule has 0 bridgehead atoms. The van der Waals surface area contributed by atoms with E-state index in [0.717, 1.165) is 51.5 Å². The third kappa shape index (κ3) is 5.58. The highest BCUT2D eigenvalue weighted by Crippen LogP contribution is 2.38. The van der Waals surface area contributed by atoms with Gasteiger partial charge in [-0.05, 0) is 43.9 Å². The second kappa shape index (κ2) is 11.0. The molecular weight excluding hydrogens is 503 g/mol. The van der Waals surface area contributed by atoms with E-state index in [4.69, 9.17) is 4.99 Å². The summed E-state index contributed by atoms with van der Waals surface area (Å²) in [5.41, 5.74) is 3.75. The topological polar surface area (TPSA) is 65.8 Å². The standard InChI is InChI=1S/C23H32N6O.HI/c1-3-24-23(25-11-14-28-16-18(2)15-26-28)29-17-19(20-7-4-5-8-21(20)29)10-13-27-12-6-9-22(27)30;/h4-5,7-8,15-16,19H,3,6,9-14,17H2,1-2H3,(H,24,25);1H. The number of likely N-dealkylation sites (tertiary alicyclic amines) is 1. The summed E-state index contributed by atoms with van der Waals surface area (Å²) in [5.74, 6) is 1.64. The van der Waals surface area contributed by atoms with Gasteiger partial charge < -0.3 is 15.1 Å². The zero-order valence-corrected chi connectivity index (χ0v) is 20.8. The summed E-state index contributed by atoms with van der Waals surface area (Å²) in [4.78, 5) is 21.2. The molecule has 1 saturated heterocycles. The van der Waals surface area contributed by atoms with Gasteiger partial charge in [-0.3, -0.25) is 14.5 Å². The molecule has 2 aliphatic rings. The number of aliphatic imine (C=N–C) groups is 1. The molecule has 1 fully saturated rings. The summed E-state index contributed by atoms with van der Waals surface area (Å²) < 4.78 is 1.94. The monoisotopic (exact) mass is 536 g/mol. The Labute approximate surface area is 201 Å². The molecular formula is C23H33IN6O. The van der Waals surface area contributed by atoms with Crippen LogP contribution in [0.1, 0.15) is 43.2 Å². The van der Waals surface area contributed by atoms with Crippen molar-refractivity contribution in [3.63, 3.8) is 0 Å². The fraction of sp³-hybridized carbons (Fsp3) is 0.522. The molecule has 1 amide bonds. The van der Waals surface area contributed by atoms with Crippen LogP contribution in [0.2, 0.25) is 0 Å². The SMILES string of the molecule is CCNC(=NCCn1cc(C)cn1)N1CC(CCN2CCCC2=O)c2ccccc21.I. The number of amides is 1. The highest BCUT2D eigenvalue weighted by Gasteiger charge is 2.32. The number of aromatic nitrogens is 2. The predicted molar refractivity (Wildman–Crippen MR) is 135 cm³/mol. The first-order valence-electron chi connectivity index (χ1n) is 11.1. The number of aryl methyl sites for hydroxylation is 1. The highest BCUT2D eigenvalue weighted by atomic mass is 127. The van der Waals surface area contributed by atoms with Crippen molar-refractivity contribution in [3.05, 3.63) is 47.8 Å². The lowest BCUT2D eigenvalue weighted by atomic mass is 9.98. The maximum atomic E-state index is 12.0. The lowest BCUT2D eigenvalue weighted by Gasteiger charge is -2.23. The summed E-state index contributed by atoms with van der Waals surface area (Å²) in [6.07, 6.45) is 6.62. The van der Waals surface area contributed by atoms with Crippen LogP contribution in [-0.2, 0) is 11.3 Å². The molecule has 3 heterocycles. The first kappa shape index (κ1) is 23.6. The van der Waals surface area contributed by atoms with Crippen LogP contribution in [0.4, 0.5) is 5.69 Å². The van der Waals surface area contributed by atoms with Gasteiger partial charge in [0.1, 0.15) is 0 Å². The Hall–Kier alpha value is -2.10. The Balaban J connectivity index is 0.00000272. The van der Waals surface area contributed by atoms with Crippen molar-refractivity contribution >= 4 is 41.5 Å². The number of rotatable bonds is 7. The molecule has 0 aliphatic carbocycles. The number of nitrogens with zero attached hydrogens (tertiary/aromatic N) is 5. The van der Waals surface area contributed by atoms with Gasteiger partial charge in [0.05, 0.1) is 19.3 Å². The van der Waals surface area contributed by atoms with Crippen LogP contribution in [0.25, 0.3) is 0 Å². The molecule has 168 valence electrons. The normalized spacial score (nSPS) is 18.3. The number of para-hydroxylation sites is 1. The van der Waals surface area contributed by atoms with E-state index in [1.54, 1.807) is 0 Å². The van der Waals surface area contributed by atoms with Crippen LogP contribution in [0.3, 0.4) is 0 Å². The van der Waals surface area contributed by atoms with Crippen molar-refractivity contribution < 1.29 is 4.79 Å². The van der Waals surface area contributed by atoms with Crippen molar-refractivity contribution in [2.45, 2.75) is 45.6 Å². The zero-order chi connectivity index (χ0) is 20.9. The number of hydrogen-bond donors (Lipinski definition) is 1.